The van der Waals surface area contributed by atoms with Crippen LogP contribution in [0, 0.1) is 6.92 Å². The van der Waals surface area contributed by atoms with E-state index >= 15 is 0 Å². The molecule has 0 amide bonds. The Bertz CT molecular complexity index is 255. The summed E-state index contributed by atoms with van der Waals surface area (Å²) < 4.78 is 10.3. The maximum absolute atomic E-state index is 5.14. The second-order valence-corrected chi connectivity index (χ2v) is 2.15. The minimum Gasteiger partial charge on any atom is -0.454 e. The van der Waals surface area contributed by atoms with Crippen molar-refractivity contribution in [2.75, 3.05) is 6.79 Å². The van der Waals surface area contributed by atoms with Crippen molar-refractivity contribution in [3.8, 4) is 11.5 Å². The Morgan fingerprint density at radius 3 is 3.00 bits per heavy atom. The molecule has 0 saturated carbocycles. The molecule has 1 aliphatic rings. The first-order valence-corrected chi connectivity index (χ1v) is 3.08. The zero-order valence-corrected chi connectivity index (χ0v) is 5.46. The van der Waals surface area contributed by atoms with Crippen LogP contribution in [-0.4, -0.2) is 6.79 Å². The molecule has 0 bridgehead atoms. The first-order chi connectivity index (χ1) is 4.88. The van der Waals surface area contributed by atoms with Gasteiger partial charge in [-0.2, -0.15) is 0 Å². The topological polar surface area (TPSA) is 18.5 Å². The zero-order valence-electron chi connectivity index (χ0n) is 5.46. The molecule has 2 nitrogen and oxygen atoms in total. The summed E-state index contributed by atoms with van der Waals surface area (Å²) >= 11 is 0. The first-order valence-electron chi connectivity index (χ1n) is 3.08. The molecule has 0 N–H and O–H groups in total. The Labute approximate surface area is 59.4 Å². The van der Waals surface area contributed by atoms with Gasteiger partial charge in [0, 0.05) is 0 Å². The maximum atomic E-state index is 5.14. The summed E-state index contributed by atoms with van der Waals surface area (Å²) in [5, 5.41) is 0. The zero-order chi connectivity index (χ0) is 6.97. The Balaban J connectivity index is 2.59. The summed E-state index contributed by atoms with van der Waals surface area (Å²) in [6, 6.07) is 5.67. The molecule has 0 atom stereocenters. The fourth-order valence-electron chi connectivity index (χ4n) is 0.991. The van der Waals surface area contributed by atoms with Gasteiger partial charge in [0.05, 0.1) is 0 Å². The largest absolute Gasteiger partial charge is 0.454 e. The van der Waals surface area contributed by atoms with Crippen molar-refractivity contribution in [1.82, 2.24) is 0 Å². The maximum Gasteiger partial charge on any atom is 0.231 e. The number of rotatable bonds is 0. The van der Waals surface area contributed by atoms with E-state index in [0.717, 1.165) is 17.1 Å². The second kappa shape index (κ2) is 1.90. The van der Waals surface area contributed by atoms with Crippen LogP contribution in [0.5, 0.6) is 11.5 Å². The molecule has 1 aromatic carbocycles. The van der Waals surface area contributed by atoms with Crippen molar-refractivity contribution in [2.24, 2.45) is 0 Å². The molecule has 0 aromatic heterocycles. The summed E-state index contributed by atoms with van der Waals surface area (Å²) in [4.78, 5) is 0. The van der Waals surface area contributed by atoms with Gasteiger partial charge in [-0.1, -0.05) is 12.1 Å². The molecule has 1 radical (unpaired) electrons. The lowest BCUT2D eigenvalue weighted by Crippen LogP contribution is -1.93. The van der Waals surface area contributed by atoms with Crippen molar-refractivity contribution >= 4 is 0 Å². The Hall–Kier alpha value is -1.18. The summed E-state index contributed by atoms with van der Waals surface area (Å²) in [6.45, 7) is 4.11. The average molecular weight is 135 g/mol. The lowest BCUT2D eigenvalue weighted by Gasteiger charge is -1.96. The van der Waals surface area contributed by atoms with E-state index in [1.54, 1.807) is 0 Å². The Morgan fingerprint density at radius 1 is 1.30 bits per heavy atom. The van der Waals surface area contributed by atoms with E-state index in [0.29, 0.717) is 6.79 Å². The number of hydrogen-bond donors (Lipinski definition) is 0. The van der Waals surface area contributed by atoms with Gasteiger partial charge in [0.15, 0.2) is 11.5 Å². The molecule has 1 aliphatic heterocycles. The molecule has 0 unspecified atom stereocenters. The van der Waals surface area contributed by atoms with Crippen molar-refractivity contribution in [2.45, 2.75) is 0 Å². The SMILES string of the molecule is [CH2]c1cccc2c1OCO2. The number of benzene rings is 1. The highest BCUT2D eigenvalue weighted by atomic mass is 16.7. The lowest BCUT2D eigenvalue weighted by molar-refractivity contribution is 0.173. The average Bonchev–Trinajstić information content (AvgIpc) is 2.36. The van der Waals surface area contributed by atoms with E-state index in [9.17, 15) is 0 Å². The molecule has 2 rings (SSSR count). The van der Waals surface area contributed by atoms with E-state index in [4.69, 9.17) is 9.47 Å². The molecule has 1 heterocycles. The molecule has 0 fully saturated rings. The minimum atomic E-state index is 0.321. The van der Waals surface area contributed by atoms with E-state index in [-0.39, 0.29) is 0 Å². The molecule has 10 heavy (non-hydrogen) atoms. The van der Waals surface area contributed by atoms with Crippen molar-refractivity contribution in [1.29, 1.82) is 0 Å². The fraction of sp³-hybridized carbons (Fsp3) is 0.125. The first kappa shape index (κ1) is 5.59. The van der Waals surface area contributed by atoms with Crippen LogP contribution in [0.25, 0.3) is 0 Å². The standard InChI is InChI=1S/C8H7O2/c1-6-3-2-4-7-8(6)10-5-9-7/h2-4H,1,5H2. The lowest BCUT2D eigenvalue weighted by atomic mass is 10.2. The molecular weight excluding hydrogens is 128 g/mol. The van der Waals surface area contributed by atoms with Gasteiger partial charge < -0.3 is 9.47 Å². The number of para-hydroxylation sites is 1. The number of hydrogen-bond acceptors (Lipinski definition) is 2. The van der Waals surface area contributed by atoms with Crippen LogP contribution in [0.2, 0.25) is 0 Å². The molecule has 1 aromatic rings. The summed E-state index contributed by atoms with van der Waals surface area (Å²) in [5.74, 6) is 1.58. The highest BCUT2D eigenvalue weighted by Gasteiger charge is 2.13. The molecule has 51 valence electrons. The molecule has 0 saturated heterocycles. The monoisotopic (exact) mass is 135 g/mol. The predicted molar refractivity (Wildman–Crippen MR) is 37.0 cm³/mol. The molecular formula is C8H7O2. The highest BCUT2D eigenvalue weighted by molar-refractivity contribution is 5.49. The smallest absolute Gasteiger partial charge is 0.231 e. The van der Waals surface area contributed by atoms with Gasteiger partial charge in [0.2, 0.25) is 6.79 Å². The van der Waals surface area contributed by atoms with Crippen LogP contribution in [0.3, 0.4) is 0 Å². The minimum absolute atomic E-state index is 0.321. The predicted octanol–water partition coefficient (Wildman–Crippen LogP) is 1.60. The van der Waals surface area contributed by atoms with E-state index in [1.807, 2.05) is 18.2 Å². The summed E-state index contributed by atoms with van der Waals surface area (Å²) in [7, 11) is 0. The van der Waals surface area contributed by atoms with Gasteiger partial charge in [-0.05, 0) is 18.6 Å². The van der Waals surface area contributed by atoms with Gasteiger partial charge in [-0.25, -0.2) is 0 Å². The van der Waals surface area contributed by atoms with Crippen LogP contribution in [-0.2, 0) is 0 Å². The van der Waals surface area contributed by atoms with Gasteiger partial charge in [-0.15, -0.1) is 0 Å². The summed E-state index contributed by atoms with van der Waals surface area (Å²) in [6.07, 6.45) is 0. The third-order valence-corrected chi connectivity index (χ3v) is 1.48. The fourth-order valence-corrected chi connectivity index (χ4v) is 0.991. The van der Waals surface area contributed by atoms with Crippen LogP contribution in [0.1, 0.15) is 5.56 Å². The van der Waals surface area contributed by atoms with Crippen LogP contribution >= 0.6 is 0 Å². The van der Waals surface area contributed by atoms with Gasteiger partial charge in [0.25, 0.3) is 0 Å². The molecule has 0 aliphatic carbocycles. The van der Waals surface area contributed by atoms with Crippen molar-refractivity contribution in [3.05, 3.63) is 30.7 Å². The number of ether oxygens (including phenoxy) is 2. The normalized spacial score (nSPS) is 13.7. The van der Waals surface area contributed by atoms with E-state index < -0.39 is 0 Å². The van der Waals surface area contributed by atoms with Crippen LogP contribution in [0.15, 0.2) is 18.2 Å². The Kier molecular flexibility index (Phi) is 1.07. The summed E-state index contributed by atoms with van der Waals surface area (Å²) in [5.41, 5.74) is 0.884. The quantitative estimate of drug-likeness (QED) is 0.538. The molecule has 0 spiro atoms. The number of fused-ring (bicyclic) bond motifs is 1. The third-order valence-electron chi connectivity index (χ3n) is 1.48. The van der Waals surface area contributed by atoms with Crippen LogP contribution in [0.4, 0.5) is 0 Å². The van der Waals surface area contributed by atoms with E-state index in [1.165, 1.54) is 0 Å². The van der Waals surface area contributed by atoms with Crippen molar-refractivity contribution < 1.29 is 9.47 Å². The van der Waals surface area contributed by atoms with Gasteiger partial charge in [0.1, 0.15) is 0 Å². The van der Waals surface area contributed by atoms with Crippen molar-refractivity contribution in [3.63, 3.8) is 0 Å². The van der Waals surface area contributed by atoms with E-state index in [2.05, 4.69) is 6.92 Å². The Morgan fingerprint density at radius 2 is 2.20 bits per heavy atom. The highest BCUT2D eigenvalue weighted by Crippen LogP contribution is 2.34. The van der Waals surface area contributed by atoms with Gasteiger partial charge >= 0.3 is 0 Å². The third kappa shape index (κ3) is 0.652. The second-order valence-electron chi connectivity index (χ2n) is 2.15. The molecule has 2 heteroatoms. The van der Waals surface area contributed by atoms with Gasteiger partial charge in [-0.3, -0.25) is 0 Å². The van der Waals surface area contributed by atoms with Crippen LogP contribution < -0.4 is 9.47 Å².